The SMILES string of the molecule is CC(=O)O[C@@H]1[C@@H](OC(C)=O)[C@H](OC(C)=O)CS[C@H]1Oc1cccc2c(C)cc(=O)oc12. The third-order valence-electron chi connectivity index (χ3n) is 4.49. The Balaban J connectivity index is 1.98. The Labute approximate surface area is 182 Å². The molecule has 10 heteroatoms. The number of ether oxygens (including phenoxy) is 4. The van der Waals surface area contributed by atoms with Crippen molar-refractivity contribution in [3.05, 3.63) is 40.2 Å². The van der Waals surface area contributed by atoms with Gasteiger partial charge >= 0.3 is 23.5 Å². The molecule has 1 aromatic carbocycles. The molecule has 1 saturated heterocycles. The fourth-order valence-corrected chi connectivity index (χ4v) is 4.55. The standard InChI is InChI=1S/C21H22O9S/c1-10-8-17(25)30-18-14(10)6-5-7-15(18)29-21-20(28-13(4)24)19(27-12(3)23)16(9-31-21)26-11(2)22/h5-8,16,19-21H,9H2,1-4H3/t16-,19+,20-,21-/m1/s1. The van der Waals surface area contributed by atoms with E-state index in [1.165, 1.54) is 38.6 Å². The lowest BCUT2D eigenvalue weighted by Crippen LogP contribution is -2.55. The van der Waals surface area contributed by atoms with Crippen LogP contribution in [0.2, 0.25) is 0 Å². The van der Waals surface area contributed by atoms with Gasteiger partial charge in [0.2, 0.25) is 0 Å². The maximum atomic E-state index is 11.9. The van der Waals surface area contributed by atoms with Gasteiger partial charge in [0.15, 0.2) is 35.1 Å². The first-order chi connectivity index (χ1) is 14.7. The number of rotatable bonds is 5. The zero-order valence-corrected chi connectivity index (χ0v) is 18.2. The first-order valence-corrected chi connectivity index (χ1v) is 10.5. The highest BCUT2D eigenvalue weighted by molar-refractivity contribution is 7.99. The highest BCUT2D eigenvalue weighted by Crippen LogP contribution is 2.36. The zero-order chi connectivity index (χ0) is 22.7. The number of benzene rings is 1. The second-order valence-corrected chi connectivity index (χ2v) is 8.13. The van der Waals surface area contributed by atoms with Crippen molar-refractivity contribution < 1.29 is 37.7 Å². The highest BCUT2D eigenvalue weighted by Gasteiger charge is 2.47. The van der Waals surface area contributed by atoms with Gasteiger partial charge in [0.1, 0.15) is 0 Å². The van der Waals surface area contributed by atoms with Crippen molar-refractivity contribution in [2.45, 2.75) is 51.4 Å². The Morgan fingerprint density at radius 3 is 2.29 bits per heavy atom. The van der Waals surface area contributed by atoms with Gasteiger partial charge < -0.3 is 23.4 Å². The van der Waals surface area contributed by atoms with E-state index in [0.29, 0.717) is 5.39 Å². The van der Waals surface area contributed by atoms with Gasteiger partial charge in [-0.2, -0.15) is 0 Å². The van der Waals surface area contributed by atoms with Gasteiger partial charge in [0.05, 0.1) is 0 Å². The Morgan fingerprint density at radius 1 is 1.00 bits per heavy atom. The van der Waals surface area contributed by atoms with Crippen LogP contribution in [0.1, 0.15) is 26.3 Å². The molecule has 166 valence electrons. The molecule has 4 atom stereocenters. The summed E-state index contributed by atoms with van der Waals surface area (Å²) < 4.78 is 27.5. The Kier molecular flexibility index (Phi) is 6.89. The van der Waals surface area contributed by atoms with Gasteiger partial charge in [-0.3, -0.25) is 14.4 Å². The molecule has 2 aromatic rings. The topological polar surface area (TPSA) is 118 Å². The van der Waals surface area contributed by atoms with Gasteiger partial charge in [0, 0.05) is 38.0 Å². The van der Waals surface area contributed by atoms with Crippen molar-refractivity contribution in [3.8, 4) is 5.75 Å². The van der Waals surface area contributed by atoms with Gasteiger partial charge in [-0.15, -0.1) is 11.8 Å². The first-order valence-electron chi connectivity index (χ1n) is 9.49. The van der Waals surface area contributed by atoms with Crippen LogP contribution in [0.4, 0.5) is 0 Å². The van der Waals surface area contributed by atoms with Crippen molar-refractivity contribution >= 4 is 40.6 Å². The molecule has 1 fully saturated rings. The molecule has 31 heavy (non-hydrogen) atoms. The fourth-order valence-electron chi connectivity index (χ4n) is 3.34. The van der Waals surface area contributed by atoms with Gasteiger partial charge in [-0.05, 0) is 18.6 Å². The molecule has 0 radical (unpaired) electrons. The normalized spacial score (nSPS) is 23.1. The number of fused-ring (bicyclic) bond motifs is 1. The number of carbonyl (C=O) groups is 3. The molecule has 1 aliphatic rings. The monoisotopic (exact) mass is 450 g/mol. The van der Waals surface area contributed by atoms with E-state index in [4.69, 9.17) is 23.4 Å². The van der Waals surface area contributed by atoms with Crippen LogP contribution in [-0.2, 0) is 28.6 Å². The predicted molar refractivity (Wildman–Crippen MR) is 111 cm³/mol. The number of thioether (sulfide) groups is 1. The summed E-state index contributed by atoms with van der Waals surface area (Å²) in [6.45, 7) is 5.43. The minimum absolute atomic E-state index is 0.230. The highest BCUT2D eigenvalue weighted by atomic mass is 32.2. The summed E-state index contributed by atoms with van der Waals surface area (Å²) in [7, 11) is 0. The number of hydrogen-bond acceptors (Lipinski definition) is 10. The van der Waals surface area contributed by atoms with Crippen LogP contribution in [0, 0.1) is 6.92 Å². The third-order valence-corrected chi connectivity index (χ3v) is 5.70. The molecule has 0 aliphatic carbocycles. The molecule has 0 spiro atoms. The van der Waals surface area contributed by atoms with Crippen LogP contribution in [0.5, 0.6) is 5.75 Å². The summed E-state index contributed by atoms with van der Waals surface area (Å²) in [5.41, 5.74) is -0.379. The van der Waals surface area contributed by atoms with Crippen molar-refractivity contribution in [3.63, 3.8) is 0 Å². The Morgan fingerprint density at radius 2 is 1.65 bits per heavy atom. The molecule has 0 bridgehead atoms. The molecule has 3 rings (SSSR count). The minimum Gasteiger partial charge on any atom is -0.472 e. The molecule has 0 amide bonds. The molecular weight excluding hydrogens is 428 g/mol. The maximum Gasteiger partial charge on any atom is 0.336 e. The third kappa shape index (κ3) is 5.38. The largest absolute Gasteiger partial charge is 0.472 e. The van der Waals surface area contributed by atoms with E-state index in [1.807, 2.05) is 0 Å². The number of para-hydroxylation sites is 1. The van der Waals surface area contributed by atoms with Crippen molar-refractivity contribution in [1.82, 2.24) is 0 Å². The number of esters is 3. The minimum atomic E-state index is -1.07. The smallest absolute Gasteiger partial charge is 0.336 e. The van der Waals surface area contributed by atoms with E-state index in [0.717, 1.165) is 5.56 Å². The molecule has 1 aliphatic heterocycles. The van der Waals surface area contributed by atoms with E-state index >= 15 is 0 Å². The van der Waals surface area contributed by atoms with Crippen LogP contribution >= 0.6 is 11.8 Å². The molecule has 9 nitrogen and oxygen atoms in total. The quantitative estimate of drug-likeness (QED) is 0.381. The predicted octanol–water partition coefficient (Wildman–Crippen LogP) is 2.35. The van der Waals surface area contributed by atoms with Crippen LogP contribution in [0.15, 0.2) is 33.5 Å². The lowest BCUT2D eigenvalue weighted by atomic mass is 10.1. The van der Waals surface area contributed by atoms with Crippen LogP contribution < -0.4 is 10.4 Å². The number of aryl methyl sites for hydroxylation is 1. The van der Waals surface area contributed by atoms with Crippen LogP contribution in [-0.4, -0.2) is 47.4 Å². The summed E-state index contributed by atoms with van der Waals surface area (Å²) in [5, 5.41) is 0.691. The summed E-state index contributed by atoms with van der Waals surface area (Å²) in [5.74, 6) is -1.32. The first kappa shape index (κ1) is 22.7. The molecule has 0 N–H and O–H groups in total. The fraction of sp³-hybridized carbons (Fsp3) is 0.429. The van der Waals surface area contributed by atoms with E-state index in [-0.39, 0.29) is 17.1 Å². The second kappa shape index (κ2) is 9.42. The average Bonchev–Trinajstić information content (AvgIpc) is 2.65. The van der Waals surface area contributed by atoms with E-state index in [9.17, 15) is 19.2 Å². The molecule has 2 heterocycles. The summed E-state index contributed by atoms with van der Waals surface area (Å²) in [4.78, 5) is 46.8. The van der Waals surface area contributed by atoms with E-state index in [2.05, 4.69) is 0 Å². The summed E-state index contributed by atoms with van der Waals surface area (Å²) >= 11 is 1.22. The Bertz CT molecular complexity index is 1060. The van der Waals surface area contributed by atoms with Crippen molar-refractivity contribution in [1.29, 1.82) is 0 Å². The lowest BCUT2D eigenvalue weighted by molar-refractivity contribution is -0.186. The van der Waals surface area contributed by atoms with Crippen molar-refractivity contribution in [2.75, 3.05) is 5.75 Å². The maximum absolute atomic E-state index is 11.9. The van der Waals surface area contributed by atoms with Crippen molar-refractivity contribution in [2.24, 2.45) is 0 Å². The van der Waals surface area contributed by atoms with Crippen LogP contribution in [0.25, 0.3) is 11.0 Å². The molecule has 0 unspecified atom stereocenters. The number of carbonyl (C=O) groups excluding carboxylic acids is 3. The molecule has 0 saturated carbocycles. The van der Waals surface area contributed by atoms with Gasteiger partial charge in [-0.1, -0.05) is 12.1 Å². The summed E-state index contributed by atoms with van der Waals surface area (Å²) in [6.07, 6.45) is -2.97. The Hall–Kier alpha value is -3.01. The summed E-state index contributed by atoms with van der Waals surface area (Å²) in [6, 6.07) is 6.53. The second-order valence-electron chi connectivity index (χ2n) is 7.00. The average molecular weight is 450 g/mol. The van der Waals surface area contributed by atoms with E-state index < -0.39 is 47.3 Å². The van der Waals surface area contributed by atoms with Crippen LogP contribution in [0.3, 0.4) is 0 Å². The lowest BCUT2D eigenvalue weighted by Gasteiger charge is -2.39. The van der Waals surface area contributed by atoms with Gasteiger partial charge in [0.25, 0.3) is 0 Å². The molecular formula is C21H22O9S. The number of hydrogen-bond donors (Lipinski definition) is 0. The van der Waals surface area contributed by atoms with Gasteiger partial charge in [-0.25, -0.2) is 4.79 Å². The van der Waals surface area contributed by atoms with E-state index in [1.54, 1.807) is 25.1 Å². The molecule has 1 aromatic heterocycles. The zero-order valence-electron chi connectivity index (χ0n) is 17.4.